The van der Waals surface area contributed by atoms with E-state index in [1.807, 2.05) is 13.8 Å². The van der Waals surface area contributed by atoms with E-state index in [1.54, 1.807) is 0 Å². The maximum Gasteiger partial charge on any atom is 0.416 e. The van der Waals surface area contributed by atoms with E-state index in [4.69, 9.17) is 5.73 Å². The Kier molecular flexibility index (Phi) is 5.93. The summed E-state index contributed by atoms with van der Waals surface area (Å²) in [6, 6.07) is 1.67. The highest BCUT2D eigenvalue weighted by Gasteiger charge is 2.32. The van der Waals surface area contributed by atoms with Crippen LogP contribution in [-0.4, -0.2) is 30.4 Å². The van der Waals surface area contributed by atoms with Gasteiger partial charge in [-0.2, -0.15) is 13.2 Å². The predicted molar refractivity (Wildman–Crippen MR) is 75.8 cm³/mol. The predicted octanol–water partition coefficient (Wildman–Crippen LogP) is 3.29. The van der Waals surface area contributed by atoms with Crippen molar-refractivity contribution in [1.29, 1.82) is 0 Å². The van der Waals surface area contributed by atoms with Gasteiger partial charge in [-0.3, -0.25) is 4.79 Å². The molecule has 1 atom stereocenters. The zero-order chi connectivity index (χ0) is 17.1. The maximum atomic E-state index is 13.7. The van der Waals surface area contributed by atoms with E-state index in [0.29, 0.717) is 24.6 Å². The average Bonchev–Trinajstić information content (AvgIpc) is 2.42. The van der Waals surface area contributed by atoms with Crippen molar-refractivity contribution in [3.05, 3.63) is 35.1 Å². The second-order valence-electron chi connectivity index (χ2n) is 5.62. The monoisotopic (exact) mass is 320 g/mol. The van der Waals surface area contributed by atoms with Crippen LogP contribution in [0, 0.1) is 11.7 Å². The average molecular weight is 320 g/mol. The number of amides is 1. The number of halogens is 4. The number of hydrogen-bond acceptors (Lipinski definition) is 2. The Hall–Kier alpha value is -1.63. The van der Waals surface area contributed by atoms with Crippen molar-refractivity contribution in [3.63, 3.8) is 0 Å². The van der Waals surface area contributed by atoms with Gasteiger partial charge in [0.2, 0.25) is 0 Å². The molecule has 0 aliphatic heterocycles. The molecule has 1 amide bonds. The van der Waals surface area contributed by atoms with E-state index in [1.165, 1.54) is 11.9 Å². The molecule has 0 aliphatic carbocycles. The first-order chi connectivity index (χ1) is 10.0. The molecule has 0 fully saturated rings. The van der Waals surface area contributed by atoms with Crippen LogP contribution in [0.4, 0.5) is 17.6 Å². The molecule has 0 spiro atoms. The van der Waals surface area contributed by atoms with Crippen LogP contribution in [-0.2, 0) is 6.18 Å². The smallest absolute Gasteiger partial charge is 0.342 e. The van der Waals surface area contributed by atoms with Crippen molar-refractivity contribution in [2.45, 2.75) is 32.5 Å². The van der Waals surface area contributed by atoms with Crippen LogP contribution < -0.4 is 5.73 Å². The molecule has 124 valence electrons. The number of benzene rings is 1. The fourth-order valence-corrected chi connectivity index (χ4v) is 1.85. The Labute approximate surface area is 127 Å². The molecular formula is C15H20F4N2O. The Morgan fingerprint density at radius 2 is 1.91 bits per heavy atom. The Balaban J connectivity index is 2.88. The van der Waals surface area contributed by atoms with E-state index < -0.39 is 29.0 Å². The highest BCUT2D eigenvalue weighted by molar-refractivity contribution is 5.94. The number of rotatable bonds is 5. The molecule has 0 heterocycles. The minimum atomic E-state index is -4.62. The standard InChI is InChI=1S/C15H20F4N2O/c1-9(2)13(20)6-7-21(3)14(22)11-8-10(15(17,18)19)4-5-12(11)16/h4-5,8-9,13H,6-7,20H2,1-3H3. The van der Waals surface area contributed by atoms with E-state index in [2.05, 4.69) is 0 Å². The molecule has 22 heavy (non-hydrogen) atoms. The van der Waals surface area contributed by atoms with Crippen molar-refractivity contribution in [3.8, 4) is 0 Å². The summed E-state index contributed by atoms with van der Waals surface area (Å²) >= 11 is 0. The van der Waals surface area contributed by atoms with Gasteiger partial charge in [0.25, 0.3) is 5.91 Å². The van der Waals surface area contributed by atoms with Crippen molar-refractivity contribution < 1.29 is 22.4 Å². The minimum absolute atomic E-state index is 0.137. The van der Waals surface area contributed by atoms with Crippen molar-refractivity contribution in [2.75, 3.05) is 13.6 Å². The second-order valence-corrected chi connectivity index (χ2v) is 5.62. The van der Waals surface area contributed by atoms with Crippen LogP contribution in [0.1, 0.15) is 36.2 Å². The van der Waals surface area contributed by atoms with Gasteiger partial charge in [-0.1, -0.05) is 13.8 Å². The third-order valence-electron chi connectivity index (χ3n) is 3.52. The molecule has 0 aromatic heterocycles. The topological polar surface area (TPSA) is 46.3 Å². The Bertz CT molecular complexity index is 529. The molecule has 3 nitrogen and oxygen atoms in total. The van der Waals surface area contributed by atoms with E-state index in [0.717, 1.165) is 0 Å². The van der Waals surface area contributed by atoms with Gasteiger partial charge in [-0.25, -0.2) is 4.39 Å². The first-order valence-electron chi connectivity index (χ1n) is 6.91. The molecule has 1 unspecified atom stereocenters. The van der Waals surface area contributed by atoms with Gasteiger partial charge in [0.05, 0.1) is 11.1 Å². The summed E-state index contributed by atoms with van der Waals surface area (Å²) in [4.78, 5) is 13.3. The van der Waals surface area contributed by atoms with Crippen LogP contribution in [0.25, 0.3) is 0 Å². The van der Waals surface area contributed by atoms with Gasteiger partial charge in [0.1, 0.15) is 5.82 Å². The van der Waals surface area contributed by atoms with Crippen LogP contribution >= 0.6 is 0 Å². The normalized spacial score (nSPS) is 13.3. The van der Waals surface area contributed by atoms with Crippen LogP contribution in [0.2, 0.25) is 0 Å². The number of alkyl halides is 3. The summed E-state index contributed by atoms with van der Waals surface area (Å²) in [7, 11) is 1.41. The Morgan fingerprint density at radius 3 is 2.41 bits per heavy atom. The van der Waals surface area contributed by atoms with Gasteiger partial charge in [0, 0.05) is 19.6 Å². The van der Waals surface area contributed by atoms with Crippen LogP contribution in [0.3, 0.4) is 0 Å². The number of hydrogen-bond donors (Lipinski definition) is 1. The van der Waals surface area contributed by atoms with Gasteiger partial charge in [0.15, 0.2) is 0 Å². The molecule has 1 rings (SSSR count). The third-order valence-corrected chi connectivity index (χ3v) is 3.52. The van der Waals surface area contributed by atoms with E-state index in [9.17, 15) is 22.4 Å². The fourth-order valence-electron chi connectivity index (χ4n) is 1.85. The SMILES string of the molecule is CC(C)C(N)CCN(C)C(=O)c1cc(C(F)(F)F)ccc1F. The summed E-state index contributed by atoms with van der Waals surface area (Å²) in [5, 5.41) is 0. The molecule has 7 heteroatoms. The van der Waals surface area contributed by atoms with Crippen LogP contribution in [0.15, 0.2) is 18.2 Å². The quantitative estimate of drug-likeness (QED) is 0.846. The van der Waals surface area contributed by atoms with Gasteiger partial charge in [-0.15, -0.1) is 0 Å². The largest absolute Gasteiger partial charge is 0.416 e. The Morgan fingerprint density at radius 1 is 1.32 bits per heavy atom. The van der Waals surface area contributed by atoms with E-state index >= 15 is 0 Å². The van der Waals surface area contributed by atoms with Gasteiger partial charge < -0.3 is 10.6 Å². The van der Waals surface area contributed by atoms with Crippen molar-refractivity contribution in [1.82, 2.24) is 4.90 Å². The number of carbonyl (C=O) groups excluding carboxylic acids is 1. The molecule has 0 saturated heterocycles. The minimum Gasteiger partial charge on any atom is -0.342 e. The number of nitrogens with zero attached hydrogens (tertiary/aromatic N) is 1. The fraction of sp³-hybridized carbons (Fsp3) is 0.533. The number of nitrogens with two attached hydrogens (primary N) is 1. The number of carbonyl (C=O) groups is 1. The lowest BCUT2D eigenvalue weighted by Gasteiger charge is -2.22. The van der Waals surface area contributed by atoms with E-state index in [-0.39, 0.29) is 18.5 Å². The molecule has 0 aliphatic rings. The highest BCUT2D eigenvalue weighted by atomic mass is 19.4. The summed E-state index contributed by atoms with van der Waals surface area (Å²) in [5.41, 5.74) is 4.21. The van der Waals surface area contributed by atoms with Crippen LogP contribution in [0.5, 0.6) is 0 Å². The zero-order valence-electron chi connectivity index (χ0n) is 12.7. The molecular weight excluding hydrogens is 300 g/mol. The second kappa shape index (κ2) is 7.09. The summed E-state index contributed by atoms with van der Waals surface area (Å²) in [6.07, 6.45) is -4.14. The highest BCUT2D eigenvalue weighted by Crippen LogP contribution is 2.30. The molecule has 1 aromatic carbocycles. The molecule has 2 N–H and O–H groups in total. The van der Waals surface area contributed by atoms with Crippen molar-refractivity contribution >= 4 is 5.91 Å². The maximum absolute atomic E-state index is 13.7. The summed E-state index contributed by atoms with van der Waals surface area (Å²) in [6.45, 7) is 4.10. The lowest BCUT2D eigenvalue weighted by atomic mass is 10.0. The van der Waals surface area contributed by atoms with Gasteiger partial charge in [-0.05, 0) is 30.5 Å². The lowest BCUT2D eigenvalue weighted by molar-refractivity contribution is -0.137. The first kappa shape index (κ1) is 18.4. The lowest BCUT2D eigenvalue weighted by Crippen LogP contribution is -2.35. The summed E-state index contributed by atoms with van der Waals surface area (Å²) in [5.74, 6) is -1.55. The molecule has 0 saturated carbocycles. The first-order valence-corrected chi connectivity index (χ1v) is 6.91. The van der Waals surface area contributed by atoms with Gasteiger partial charge >= 0.3 is 6.18 Å². The third kappa shape index (κ3) is 4.69. The molecule has 0 bridgehead atoms. The zero-order valence-corrected chi connectivity index (χ0v) is 12.7. The molecule has 0 radical (unpaired) electrons. The summed E-state index contributed by atoms with van der Waals surface area (Å²) < 4.78 is 51.6. The van der Waals surface area contributed by atoms with Crippen molar-refractivity contribution in [2.24, 2.45) is 11.7 Å². The molecule has 1 aromatic rings.